The third kappa shape index (κ3) is 2.97. The molecule has 1 saturated carbocycles. The Labute approximate surface area is 162 Å². The smallest absolute Gasteiger partial charge is 0.249 e. The van der Waals surface area contributed by atoms with Crippen molar-refractivity contribution in [3.8, 4) is 0 Å². The molecule has 1 heterocycles. The minimum Gasteiger partial charge on any atom is -0.343 e. The number of para-hydroxylation sites is 1. The average molecular weight is 389 g/mol. The number of anilines is 1. The lowest BCUT2D eigenvalue weighted by Crippen LogP contribution is -2.45. The van der Waals surface area contributed by atoms with E-state index in [1.807, 2.05) is 30.3 Å². The minimum atomic E-state index is -0.525. The number of rotatable bonds is 4. The number of nitrogens with zero attached hydrogens (tertiary/aromatic N) is 1. The number of halogens is 2. The summed E-state index contributed by atoms with van der Waals surface area (Å²) in [5.74, 6) is -0.197. The van der Waals surface area contributed by atoms with Gasteiger partial charge in [0.25, 0.3) is 0 Å². The first-order valence-corrected chi connectivity index (χ1v) is 9.40. The second-order valence-corrected chi connectivity index (χ2v) is 7.69. The average Bonchev–Trinajstić information content (AvgIpc) is 3.37. The first-order valence-electron chi connectivity index (χ1n) is 8.64. The van der Waals surface area contributed by atoms with Gasteiger partial charge in [0.2, 0.25) is 11.8 Å². The first kappa shape index (κ1) is 17.4. The van der Waals surface area contributed by atoms with Crippen molar-refractivity contribution in [2.24, 2.45) is 0 Å². The Morgan fingerprint density at radius 2 is 1.77 bits per heavy atom. The molecule has 0 bridgehead atoms. The number of hydrogen-bond donors (Lipinski definition) is 1. The highest BCUT2D eigenvalue weighted by Crippen LogP contribution is 2.48. The van der Waals surface area contributed by atoms with Gasteiger partial charge in [0.1, 0.15) is 6.04 Å². The number of amides is 2. The molecule has 1 saturated heterocycles. The molecule has 4 nitrogen and oxygen atoms in total. The van der Waals surface area contributed by atoms with Crippen molar-refractivity contribution >= 4 is 40.7 Å². The van der Waals surface area contributed by atoms with Crippen LogP contribution in [0.4, 0.5) is 5.69 Å². The van der Waals surface area contributed by atoms with Crippen LogP contribution < -0.4 is 10.2 Å². The van der Waals surface area contributed by atoms with Crippen LogP contribution in [0.5, 0.6) is 0 Å². The minimum absolute atomic E-state index is 0.0841. The van der Waals surface area contributed by atoms with Gasteiger partial charge >= 0.3 is 0 Å². The Bertz CT molecular complexity index is 862. The standard InChI is InChI=1S/C20H18Cl2N2O2/c21-14-7-5-13(6-8-14)20(10-11-20)19(26)23-16-9-12-24(18(16)25)17-4-2-1-3-15(17)22/h1-8,16H,9-12H2,(H,23,26). The number of hydrogen-bond acceptors (Lipinski definition) is 2. The van der Waals surface area contributed by atoms with E-state index in [1.165, 1.54) is 0 Å². The van der Waals surface area contributed by atoms with Gasteiger partial charge < -0.3 is 10.2 Å². The van der Waals surface area contributed by atoms with E-state index >= 15 is 0 Å². The summed E-state index contributed by atoms with van der Waals surface area (Å²) in [6, 6.07) is 14.1. The fraction of sp³-hybridized carbons (Fsp3) is 0.300. The molecule has 1 atom stereocenters. The van der Waals surface area contributed by atoms with Gasteiger partial charge in [0.15, 0.2) is 0 Å². The van der Waals surface area contributed by atoms with Crippen molar-refractivity contribution in [2.45, 2.75) is 30.7 Å². The maximum Gasteiger partial charge on any atom is 0.249 e. The summed E-state index contributed by atoms with van der Waals surface area (Å²) in [7, 11) is 0. The van der Waals surface area contributed by atoms with E-state index in [4.69, 9.17) is 23.2 Å². The molecule has 0 aromatic heterocycles. The number of nitrogens with one attached hydrogen (secondary N) is 1. The third-order valence-corrected chi connectivity index (χ3v) is 5.81. The van der Waals surface area contributed by atoms with Crippen molar-refractivity contribution in [2.75, 3.05) is 11.4 Å². The van der Waals surface area contributed by atoms with Crippen LogP contribution >= 0.6 is 23.2 Å². The Balaban J connectivity index is 1.48. The quantitative estimate of drug-likeness (QED) is 0.861. The van der Waals surface area contributed by atoms with Gasteiger partial charge in [-0.15, -0.1) is 0 Å². The van der Waals surface area contributed by atoms with Gasteiger partial charge in [-0.05, 0) is 49.1 Å². The van der Waals surface area contributed by atoms with Gasteiger partial charge in [-0.3, -0.25) is 9.59 Å². The summed E-state index contributed by atoms with van der Waals surface area (Å²) in [6.07, 6.45) is 2.15. The third-order valence-electron chi connectivity index (χ3n) is 5.24. The molecule has 2 aliphatic rings. The predicted octanol–water partition coefficient (Wildman–Crippen LogP) is 3.95. The molecular weight excluding hydrogens is 371 g/mol. The molecule has 1 unspecified atom stereocenters. The molecule has 0 spiro atoms. The lowest BCUT2D eigenvalue weighted by Gasteiger charge is -2.21. The van der Waals surface area contributed by atoms with E-state index < -0.39 is 11.5 Å². The van der Waals surface area contributed by atoms with Crippen molar-refractivity contribution in [3.05, 3.63) is 64.1 Å². The van der Waals surface area contributed by atoms with Crippen molar-refractivity contribution in [3.63, 3.8) is 0 Å². The Hall–Kier alpha value is -2.04. The van der Waals surface area contributed by atoms with Gasteiger partial charge in [-0.1, -0.05) is 47.5 Å². The second-order valence-electron chi connectivity index (χ2n) is 6.85. The summed E-state index contributed by atoms with van der Waals surface area (Å²) in [5, 5.41) is 4.14. The highest BCUT2D eigenvalue weighted by atomic mass is 35.5. The Morgan fingerprint density at radius 3 is 2.42 bits per heavy atom. The van der Waals surface area contributed by atoms with Crippen LogP contribution in [0.15, 0.2) is 48.5 Å². The molecule has 26 heavy (non-hydrogen) atoms. The molecule has 1 aliphatic heterocycles. The van der Waals surface area contributed by atoms with Crippen molar-refractivity contribution in [1.82, 2.24) is 5.32 Å². The van der Waals surface area contributed by atoms with Crippen LogP contribution in [0.25, 0.3) is 0 Å². The van der Waals surface area contributed by atoms with Crippen LogP contribution in [-0.2, 0) is 15.0 Å². The van der Waals surface area contributed by atoms with E-state index in [9.17, 15) is 9.59 Å². The van der Waals surface area contributed by atoms with E-state index in [1.54, 1.807) is 23.1 Å². The van der Waals surface area contributed by atoms with E-state index in [-0.39, 0.29) is 11.8 Å². The van der Waals surface area contributed by atoms with E-state index in [0.29, 0.717) is 28.7 Å². The SMILES string of the molecule is O=C1C(NC(=O)C2(c3ccc(Cl)cc3)CC2)CCN1c1ccccc1Cl. The lowest BCUT2D eigenvalue weighted by atomic mass is 9.94. The normalized spacial score (nSPS) is 20.9. The summed E-state index contributed by atoms with van der Waals surface area (Å²) in [6.45, 7) is 0.543. The molecule has 2 aromatic rings. The van der Waals surface area contributed by atoms with Crippen molar-refractivity contribution in [1.29, 1.82) is 0 Å². The molecule has 2 fully saturated rings. The summed E-state index contributed by atoms with van der Waals surface area (Å²) < 4.78 is 0. The molecule has 2 amide bonds. The number of carbonyl (C=O) groups is 2. The fourth-order valence-electron chi connectivity index (χ4n) is 3.56. The monoisotopic (exact) mass is 388 g/mol. The van der Waals surface area contributed by atoms with E-state index in [0.717, 1.165) is 18.4 Å². The summed E-state index contributed by atoms with van der Waals surface area (Å²) >= 11 is 12.2. The number of benzene rings is 2. The second kappa shape index (κ2) is 6.60. The highest BCUT2D eigenvalue weighted by Gasteiger charge is 2.52. The molecule has 2 aromatic carbocycles. The van der Waals surface area contributed by atoms with Gasteiger partial charge in [-0.2, -0.15) is 0 Å². The molecular formula is C20H18Cl2N2O2. The Morgan fingerprint density at radius 1 is 1.08 bits per heavy atom. The van der Waals surface area contributed by atoms with Crippen LogP contribution in [0.2, 0.25) is 10.0 Å². The summed E-state index contributed by atoms with van der Waals surface area (Å²) in [5.41, 5.74) is 1.12. The van der Waals surface area contributed by atoms with Gasteiger partial charge in [0, 0.05) is 11.6 Å². The predicted molar refractivity (Wildman–Crippen MR) is 103 cm³/mol. The zero-order chi connectivity index (χ0) is 18.3. The van der Waals surface area contributed by atoms with Crippen LogP contribution in [0.3, 0.4) is 0 Å². The van der Waals surface area contributed by atoms with Gasteiger partial charge in [0.05, 0.1) is 16.1 Å². The van der Waals surface area contributed by atoms with Crippen molar-refractivity contribution < 1.29 is 9.59 Å². The molecule has 6 heteroatoms. The molecule has 0 radical (unpaired) electrons. The van der Waals surface area contributed by atoms with Crippen LogP contribution in [-0.4, -0.2) is 24.4 Å². The highest BCUT2D eigenvalue weighted by molar-refractivity contribution is 6.34. The molecule has 1 N–H and O–H groups in total. The largest absolute Gasteiger partial charge is 0.343 e. The maximum absolute atomic E-state index is 12.9. The molecule has 134 valence electrons. The lowest BCUT2D eigenvalue weighted by molar-refractivity contribution is -0.128. The summed E-state index contributed by atoms with van der Waals surface area (Å²) in [4.78, 5) is 27.3. The molecule has 1 aliphatic carbocycles. The zero-order valence-electron chi connectivity index (χ0n) is 14.0. The topological polar surface area (TPSA) is 49.4 Å². The fourth-order valence-corrected chi connectivity index (χ4v) is 3.92. The van der Waals surface area contributed by atoms with Crippen LogP contribution in [0, 0.1) is 0 Å². The number of carbonyl (C=O) groups excluding carboxylic acids is 2. The van der Waals surface area contributed by atoms with Gasteiger partial charge in [-0.25, -0.2) is 0 Å². The van der Waals surface area contributed by atoms with E-state index in [2.05, 4.69) is 5.32 Å². The first-order chi connectivity index (χ1) is 12.5. The zero-order valence-corrected chi connectivity index (χ0v) is 15.6. The Kier molecular flexibility index (Phi) is 4.41. The van der Waals surface area contributed by atoms with Crippen LogP contribution in [0.1, 0.15) is 24.8 Å². The maximum atomic E-state index is 12.9. The molecule has 4 rings (SSSR count).